The summed E-state index contributed by atoms with van der Waals surface area (Å²) in [6, 6.07) is 18.6. The number of aliphatic imine (C=N–C) groups is 1. The SMILES string of the molecule is CCN=C(C)NC1=C(/C=C(/C)CC)C(=O)N(c2cccc(COC3(c4ccccc4)CCN(C(=O)CC(C)(C)C)CC3)c2)CCN1C. The third-order valence-electron chi connectivity index (χ3n) is 9.06. The zero-order valence-electron chi connectivity index (χ0n) is 29.9. The van der Waals surface area contributed by atoms with E-state index in [4.69, 9.17) is 4.74 Å². The Kier molecular flexibility index (Phi) is 12.1. The number of nitrogens with one attached hydrogen (secondary N) is 1. The van der Waals surface area contributed by atoms with Gasteiger partial charge in [0, 0.05) is 51.9 Å². The third-order valence-corrected chi connectivity index (χ3v) is 9.06. The van der Waals surface area contributed by atoms with Gasteiger partial charge in [-0.1, -0.05) is 75.7 Å². The van der Waals surface area contributed by atoms with Gasteiger partial charge in [-0.2, -0.15) is 0 Å². The molecule has 0 spiro atoms. The van der Waals surface area contributed by atoms with Crippen molar-refractivity contribution in [3.8, 4) is 0 Å². The van der Waals surface area contributed by atoms with Crippen LogP contribution in [0.2, 0.25) is 0 Å². The second-order valence-corrected chi connectivity index (χ2v) is 14.1. The lowest BCUT2D eigenvalue weighted by atomic mass is 9.83. The molecule has 1 fully saturated rings. The first-order valence-electron chi connectivity index (χ1n) is 17.1. The van der Waals surface area contributed by atoms with Crippen LogP contribution in [0.1, 0.15) is 85.3 Å². The van der Waals surface area contributed by atoms with E-state index in [9.17, 15) is 9.59 Å². The van der Waals surface area contributed by atoms with Gasteiger partial charge in [0.05, 0.1) is 23.6 Å². The highest BCUT2D eigenvalue weighted by Crippen LogP contribution is 2.38. The predicted octanol–water partition coefficient (Wildman–Crippen LogP) is 7.03. The van der Waals surface area contributed by atoms with E-state index in [-0.39, 0.29) is 17.2 Å². The number of anilines is 1. The van der Waals surface area contributed by atoms with Crippen LogP contribution in [-0.2, 0) is 26.5 Å². The molecule has 8 heteroatoms. The van der Waals surface area contributed by atoms with Gasteiger partial charge < -0.3 is 24.8 Å². The van der Waals surface area contributed by atoms with Crippen LogP contribution >= 0.6 is 0 Å². The molecule has 2 aromatic rings. The first-order chi connectivity index (χ1) is 22.4. The second kappa shape index (κ2) is 15.8. The fourth-order valence-corrected chi connectivity index (χ4v) is 6.23. The van der Waals surface area contributed by atoms with E-state index in [1.807, 2.05) is 55.0 Å². The quantitative estimate of drug-likeness (QED) is 0.223. The van der Waals surface area contributed by atoms with Gasteiger partial charge >= 0.3 is 0 Å². The molecule has 8 nitrogen and oxygen atoms in total. The second-order valence-electron chi connectivity index (χ2n) is 14.1. The average molecular weight is 642 g/mol. The Labute approximate surface area is 282 Å². The molecule has 1 N–H and O–H groups in total. The van der Waals surface area contributed by atoms with Crippen LogP contribution in [0.15, 0.2) is 82.6 Å². The molecule has 254 valence electrons. The standard InChI is InChI=1S/C39H55N5O3/c1-9-29(3)25-34-36(41-30(4)40-10-2)42(8)23-24-44(37(34)46)33-18-14-15-31(26-33)28-47-39(32-16-12-11-13-17-32)19-21-43(22-20-39)35(45)27-38(5,6)7/h11-18,25-26H,9-10,19-24,27-28H2,1-8H3,(H,40,41)/b29-25-. The lowest BCUT2D eigenvalue weighted by molar-refractivity contribution is -0.142. The molecule has 4 rings (SSSR count). The van der Waals surface area contributed by atoms with E-state index in [0.29, 0.717) is 51.3 Å². The molecule has 2 aromatic carbocycles. The zero-order chi connectivity index (χ0) is 34.2. The van der Waals surface area contributed by atoms with Crippen LogP contribution in [0.4, 0.5) is 5.69 Å². The number of ether oxygens (including phenoxy) is 1. The van der Waals surface area contributed by atoms with Gasteiger partial charge in [0.2, 0.25) is 5.91 Å². The Balaban J connectivity index is 1.58. The van der Waals surface area contributed by atoms with Crippen LogP contribution in [0.25, 0.3) is 0 Å². The lowest BCUT2D eigenvalue weighted by Gasteiger charge is -2.42. The molecule has 0 saturated carbocycles. The molecule has 47 heavy (non-hydrogen) atoms. The molecule has 1 saturated heterocycles. The van der Waals surface area contributed by atoms with E-state index in [1.54, 1.807) is 0 Å². The van der Waals surface area contributed by atoms with Crippen molar-refractivity contribution in [3.05, 3.63) is 88.8 Å². The maximum Gasteiger partial charge on any atom is 0.262 e. The maximum atomic E-state index is 14.3. The molecule has 0 bridgehead atoms. The number of likely N-dealkylation sites (N-methyl/N-ethyl adjacent to an activating group) is 1. The molecular formula is C39H55N5O3. The number of carbonyl (C=O) groups is 2. The number of likely N-dealkylation sites (tertiary alicyclic amines) is 1. The van der Waals surface area contributed by atoms with Gasteiger partial charge in [-0.25, -0.2) is 0 Å². The van der Waals surface area contributed by atoms with Crippen LogP contribution < -0.4 is 10.2 Å². The van der Waals surface area contributed by atoms with E-state index < -0.39 is 5.60 Å². The van der Waals surface area contributed by atoms with E-state index in [1.165, 1.54) is 0 Å². The number of hydrogen-bond acceptors (Lipinski definition) is 5. The van der Waals surface area contributed by atoms with Gasteiger partial charge in [-0.3, -0.25) is 14.6 Å². The van der Waals surface area contributed by atoms with Crippen molar-refractivity contribution >= 4 is 23.3 Å². The Hall–Kier alpha value is -3.91. The summed E-state index contributed by atoms with van der Waals surface area (Å²) in [6.45, 7) is 18.0. The summed E-state index contributed by atoms with van der Waals surface area (Å²) in [5, 5.41) is 3.42. The molecule has 2 aliphatic heterocycles. The molecule has 0 aliphatic carbocycles. The first kappa shape index (κ1) is 35.9. The Morgan fingerprint density at radius 3 is 2.34 bits per heavy atom. The molecule has 2 amide bonds. The average Bonchev–Trinajstić information content (AvgIpc) is 3.15. The lowest BCUT2D eigenvalue weighted by Crippen LogP contribution is -2.47. The maximum absolute atomic E-state index is 14.3. The normalized spacial score (nSPS) is 18.0. The largest absolute Gasteiger partial charge is 0.365 e. The number of hydrogen-bond donors (Lipinski definition) is 1. The number of carbonyl (C=O) groups excluding carboxylic acids is 2. The van der Waals surface area contributed by atoms with Crippen molar-refractivity contribution < 1.29 is 14.3 Å². The number of benzene rings is 2. The van der Waals surface area contributed by atoms with Crippen LogP contribution in [0, 0.1) is 5.41 Å². The van der Waals surface area contributed by atoms with Crippen molar-refractivity contribution in [3.63, 3.8) is 0 Å². The summed E-state index contributed by atoms with van der Waals surface area (Å²) in [5.74, 6) is 1.73. The highest BCUT2D eigenvalue weighted by Gasteiger charge is 2.39. The molecule has 0 aromatic heterocycles. The topological polar surface area (TPSA) is 77.5 Å². The Bertz CT molecular complexity index is 1480. The molecule has 0 radical (unpaired) electrons. The molecular weight excluding hydrogens is 586 g/mol. The summed E-state index contributed by atoms with van der Waals surface area (Å²) >= 11 is 0. The van der Waals surface area contributed by atoms with Crippen LogP contribution in [0.3, 0.4) is 0 Å². The number of nitrogens with zero attached hydrogens (tertiary/aromatic N) is 4. The number of amides is 2. The molecule has 0 atom stereocenters. The Morgan fingerprint density at radius 1 is 1.00 bits per heavy atom. The number of allylic oxidation sites excluding steroid dienone is 1. The first-order valence-corrected chi connectivity index (χ1v) is 17.1. The molecule has 0 unspecified atom stereocenters. The van der Waals surface area contributed by atoms with Gasteiger partial charge in [-0.05, 0) is 74.8 Å². The summed E-state index contributed by atoms with van der Waals surface area (Å²) in [4.78, 5) is 37.8. The predicted molar refractivity (Wildman–Crippen MR) is 192 cm³/mol. The van der Waals surface area contributed by atoms with Crippen molar-refractivity contribution in [1.82, 2.24) is 15.1 Å². The van der Waals surface area contributed by atoms with Crippen molar-refractivity contribution in [2.75, 3.05) is 44.7 Å². The Morgan fingerprint density at radius 2 is 1.70 bits per heavy atom. The monoisotopic (exact) mass is 641 g/mol. The van der Waals surface area contributed by atoms with E-state index in [2.05, 4.69) is 86.2 Å². The van der Waals surface area contributed by atoms with Gasteiger partial charge in [0.15, 0.2) is 0 Å². The zero-order valence-corrected chi connectivity index (χ0v) is 29.9. The number of piperidine rings is 1. The van der Waals surface area contributed by atoms with Crippen molar-refractivity contribution in [2.24, 2.45) is 10.4 Å². The highest BCUT2D eigenvalue weighted by atomic mass is 16.5. The summed E-state index contributed by atoms with van der Waals surface area (Å²) in [5.41, 5.74) is 4.22. The van der Waals surface area contributed by atoms with Crippen molar-refractivity contribution in [1.29, 1.82) is 0 Å². The summed E-state index contributed by atoms with van der Waals surface area (Å²) < 4.78 is 6.86. The number of rotatable bonds is 10. The third kappa shape index (κ3) is 9.34. The van der Waals surface area contributed by atoms with Crippen molar-refractivity contribution in [2.45, 2.75) is 86.4 Å². The minimum atomic E-state index is -0.492. The van der Waals surface area contributed by atoms with Gasteiger partial charge in [0.1, 0.15) is 5.82 Å². The fraction of sp³-hybridized carbons (Fsp3) is 0.513. The van der Waals surface area contributed by atoms with Crippen LogP contribution in [0.5, 0.6) is 0 Å². The molecule has 2 aliphatic rings. The van der Waals surface area contributed by atoms with E-state index >= 15 is 0 Å². The highest BCUT2D eigenvalue weighted by molar-refractivity contribution is 6.08. The molecule has 2 heterocycles. The van der Waals surface area contributed by atoms with E-state index in [0.717, 1.165) is 53.3 Å². The minimum absolute atomic E-state index is 0.0416. The summed E-state index contributed by atoms with van der Waals surface area (Å²) in [7, 11) is 2.02. The fourth-order valence-electron chi connectivity index (χ4n) is 6.23. The summed E-state index contributed by atoms with van der Waals surface area (Å²) in [6.07, 6.45) is 4.87. The van der Waals surface area contributed by atoms with Crippen LogP contribution in [-0.4, -0.2) is 67.2 Å². The van der Waals surface area contributed by atoms with Gasteiger partial charge in [-0.15, -0.1) is 0 Å². The number of amidine groups is 1. The smallest absolute Gasteiger partial charge is 0.262 e. The van der Waals surface area contributed by atoms with Gasteiger partial charge in [0.25, 0.3) is 5.91 Å². The minimum Gasteiger partial charge on any atom is -0.365 e.